The van der Waals surface area contributed by atoms with Gasteiger partial charge in [0.15, 0.2) is 5.82 Å². The molecule has 0 aliphatic carbocycles. The molecule has 0 aromatic carbocycles. The minimum absolute atomic E-state index is 0.114. The van der Waals surface area contributed by atoms with Crippen molar-refractivity contribution in [3.8, 4) is 0 Å². The van der Waals surface area contributed by atoms with Crippen molar-refractivity contribution in [1.29, 1.82) is 0 Å². The van der Waals surface area contributed by atoms with Gasteiger partial charge in [0, 0.05) is 12.3 Å². The first kappa shape index (κ1) is 17.1. The number of carboxylic acids is 1. The van der Waals surface area contributed by atoms with Gasteiger partial charge in [0.2, 0.25) is 5.91 Å². The van der Waals surface area contributed by atoms with E-state index in [0.717, 1.165) is 16.0 Å². The number of carbonyl (C=O) groups excluding carboxylic acids is 1. The molecule has 2 heterocycles. The van der Waals surface area contributed by atoms with Gasteiger partial charge in [-0.05, 0) is 18.4 Å². The maximum absolute atomic E-state index is 12.0. The molecule has 1 amide bonds. The molecule has 2 aromatic heterocycles. The van der Waals surface area contributed by atoms with E-state index in [2.05, 4.69) is 15.1 Å². The maximum Gasteiger partial charge on any atom is 0.325 e. The third kappa shape index (κ3) is 4.61. The summed E-state index contributed by atoms with van der Waals surface area (Å²) in [4.78, 5) is 22.5. The lowest BCUT2D eigenvalue weighted by atomic mass is 10.3. The highest BCUT2D eigenvalue weighted by Crippen LogP contribution is 2.16. The highest BCUT2D eigenvalue weighted by molar-refractivity contribution is 7.91. The Bertz CT molecular complexity index is 797. The topological polar surface area (TPSA) is 130 Å². The Morgan fingerprint density at radius 1 is 1.43 bits per heavy atom. The predicted octanol–water partition coefficient (Wildman–Crippen LogP) is 0.335. The largest absolute Gasteiger partial charge is 0.480 e. The first-order chi connectivity index (χ1) is 10.8. The summed E-state index contributed by atoms with van der Waals surface area (Å²) in [6.45, 7) is 1.06. The van der Waals surface area contributed by atoms with E-state index in [4.69, 9.17) is 5.11 Å². The molecule has 2 aromatic rings. The Balaban J connectivity index is 1.97. The van der Waals surface area contributed by atoms with Crippen molar-refractivity contribution in [3.63, 3.8) is 0 Å². The Hall–Kier alpha value is -2.24. The van der Waals surface area contributed by atoms with Crippen LogP contribution in [0.2, 0.25) is 0 Å². The van der Waals surface area contributed by atoms with Crippen molar-refractivity contribution in [2.24, 2.45) is 0 Å². The number of amides is 1. The summed E-state index contributed by atoms with van der Waals surface area (Å²) in [5, 5.41) is 16.5. The van der Waals surface area contributed by atoms with Gasteiger partial charge >= 0.3 is 5.97 Å². The highest BCUT2D eigenvalue weighted by Gasteiger charge is 2.23. The van der Waals surface area contributed by atoms with Crippen LogP contribution in [0.1, 0.15) is 6.92 Å². The van der Waals surface area contributed by atoms with E-state index in [9.17, 15) is 18.0 Å². The van der Waals surface area contributed by atoms with E-state index in [1.54, 1.807) is 11.4 Å². The number of anilines is 1. The normalized spacial score (nSPS) is 12.7. The molecule has 0 radical (unpaired) electrons. The second-order valence-corrected chi connectivity index (χ2v) is 7.45. The lowest BCUT2D eigenvalue weighted by Crippen LogP contribution is -2.41. The van der Waals surface area contributed by atoms with Gasteiger partial charge in [-0.25, -0.2) is 8.42 Å². The van der Waals surface area contributed by atoms with Gasteiger partial charge in [-0.3, -0.25) is 14.3 Å². The molecular weight excluding hydrogens is 344 g/mol. The number of aliphatic carboxylic acids is 1. The minimum atomic E-state index is -3.76. The van der Waals surface area contributed by atoms with Crippen molar-refractivity contribution in [3.05, 3.63) is 29.8 Å². The van der Waals surface area contributed by atoms with Gasteiger partial charge in [-0.2, -0.15) is 9.82 Å². The standard InChI is InChI=1S/C12H14N4O5S2/c1-8(15-23(20,21)11-3-2-6-22-11)12(19)13-9-4-5-16(14-9)7-10(17)18/h2-6,8,15H,7H2,1H3,(H,17,18)(H,13,14,19). The molecule has 1 atom stereocenters. The number of carboxylic acid groups (broad SMARTS) is 1. The van der Waals surface area contributed by atoms with Crippen molar-refractivity contribution < 1.29 is 23.1 Å². The summed E-state index contributed by atoms with van der Waals surface area (Å²) >= 11 is 1.04. The van der Waals surface area contributed by atoms with Gasteiger partial charge < -0.3 is 10.4 Å². The second kappa shape index (κ2) is 6.89. The fraction of sp³-hybridized carbons (Fsp3) is 0.250. The molecule has 0 aliphatic heterocycles. The molecule has 2 rings (SSSR count). The number of hydrogen-bond acceptors (Lipinski definition) is 6. The minimum Gasteiger partial charge on any atom is -0.480 e. The van der Waals surface area contributed by atoms with Gasteiger partial charge in [-0.1, -0.05) is 6.07 Å². The Morgan fingerprint density at radius 2 is 2.17 bits per heavy atom. The quantitative estimate of drug-likeness (QED) is 0.654. The van der Waals surface area contributed by atoms with Crippen LogP contribution in [0.25, 0.3) is 0 Å². The van der Waals surface area contributed by atoms with Gasteiger partial charge in [0.05, 0.1) is 6.04 Å². The molecule has 0 bridgehead atoms. The summed E-state index contributed by atoms with van der Waals surface area (Å²) in [5.41, 5.74) is 0. The Morgan fingerprint density at radius 3 is 2.78 bits per heavy atom. The van der Waals surface area contributed by atoms with Gasteiger partial charge in [0.25, 0.3) is 10.0 Å². The van der Waals surface area contributed by atoms with Crippen LogP contribution in [0.5, 0.6) is 0 Å². The van der Waals surface area contributed by atoms with Crippen molar-refractivity contribution in [1.82, 2.24) is 14.5 Å². The van der Waals surface area contributed by atoms with Gasteiger partial charge in [0.1, 0.15) is 10.8 Å². The molecule has 0 spiro atoms. The molecule has 23 heavy (non-hydrogen) atoms. The number of carbonyl (C=O) groups is 2. The fourth-order valence-electron chi connectivity index (χ4n) is 1.65. The molecule has 0 saturated carbocycles. The van der Waals surface area contributed by atoms with Crippen molar-refractivity contribution in [2.45, 2.75) is 23.7 Å². The summed E-state index contributed by atoms with van der Waals surface area (Å²) in [7, 11) is -3.76. The van der Waals surface area contributed by atoms with E-state index < -0.39 is 27.9 Å². The first-order valence-corrected chi connectivity index (χ1v) is 8.76. The average molecular weight is 358 g/mol. The summed E-state index contributed by atoms with van der Waals surface area (Å²) in [6.07, 6.45) is 1.39. The maximum atomic E-state index is 12.0. The second-order valence-electron chi connectivity index (χ2n) is 4.56. The van der Waals surface area contributed by atoms with Crippen LogP contribution in [0.3, 0.4) is 0 Å². The highest BCUT2D eigenvalue weighted by atomic mass is 32.2. The number of hydrogen-bond donors (Lipinski definition) is 3. The monoisotopic (exact) mass is 358 g/mol. The number of aromatic nitrogens is 2. The molecule has 3 N–H and O–H groups in total. The van der Waals surface area contributed by atoms with Crippen LogP contribution < -0.4 is 10.0 Å². The molecule has 9 nitrogen and oxygen atoms in total. The smallest absolute Gasteiger partial charge is 0.325 e. The molecule has 0 saturated heterocycles. The van der Waals surface area contributed by atoms with Crippen molar-refractivity contribution in [2.75, 3.05) is 5.32 Å². The van der Waals surface area contributed by atoms with Crippen LogP contribution in [-0.2, 0) is 26.2 Å². The lowest BCUT2D eigenvalue weighted by molar-refractivity contribution is -0.137. The molecule has 11 heteroatoms. The zero-order valence-corrected chi connectivity index (χ0v) is 13.6. The number of thiophene rings is 1. The molecule has 1 unspecified atom stereocenters. The molecule has 124 valence electrons. The van der Waals surface area contributed by atoms with E-state index in [-0.39, 0.29) is 16.6 Å². The van der Waals surface area contributed by atoms with Crippen LogP contribution in [0.4, 0.5) is 5.82 Å². The SMILES string of the molecule is CC(NS(=O)(=O)c1cccs1)C(=O)Nc1ccn(CC(=O)O)n1. The van der Waals surface area contributed by atoms with Crippen LogP contribution >= 0.6 is 11.3 Å². The first-order valence-electron chi connectivity index (χ1n) is 6.40. The fourth-order valence-corrected chi connectivity index (χ4v) is 3.86. The third-order valence-electron chi connectivity index (χ3n) is 2.67. The average Bonchev–Trinajstić information content (AvgIpc) is 3.09. The number of sulfonamides is 1. The summed E-state index contributed by atoms with van der Waals surface area (Å²) < 4.78 is 27.6. The Kier molecular flexibility index (Phi) is 5.13. The Labute approximate surface area is 136 Å². The third-order valence-corrected chi connectivity index (χ3v) is 5.61. The van der Waals surface area contributed by atoms with Crippen LogP contribution in [-0.4, -0.2) is 41.2 Å². The summed E-state index contributed by atoms with van der Waals surface area (Å²) in [5.74, 6) is -1.54. The van der Waals surface area contributed by atoms with Crippen LogP contribution in [0.15, 0.2) is 34.0 Å². The zero-order valence-electron chi connectivity index (χ0n) is 12.0. The zero-order chi connectivity index (χ0) is 17.0. The summed E-state index contributed by atoms with van der Waals surface area (Å²) in [6, 6.07) is 3.43. The van der Waals surface area contributed by atoms with Crippen molar-refractivity contribution >= 4 is 39.1 Å². The molecule has 0 aliphatic rings. The number of nitrogens with zero attached hydrogens (tertiary/aromatic N) is 2. The lowest BCUT2D eigenvalue weighted by Gasteiger charge is -2.12. The van der Waals surface area contributed by atoms with E-state index >= 15 is 0 Å². The predicted molar refractivity (Wildman–Crippen MR) is 82.6 cm³/mol. The van der Waals surface area contributed by atoms with E-state index in [1.807, 2.05) is 0 Å². The number of rotatable bonds is 7. The van der Waals surface area contributed by atoms with E-state index in [0.29, 0.717) is 0 Å². The van der Waals surface area contributed by atoms with Crippen LogP contribution in [0, 0.1) is 0 Å². The number of nitrogens with one attached hydrogen (secondary N) is 2. The van der Waals surface area contributed by atoms with E-state index in [1.165, 1.54) is 25.3 Å². The molecule has 0 fully saturated rings. The molecular formula is C12H14N4O5S2. The van der Waals surface area contributed by atoms with Gasteiger partial charge in [-0.15, -0.1) is 11.3 Å².